The van der Waals surface area contributed by atoms with E-state index in [1.54, 1.807) is 0 Å². The Morgan fingerprint density at radius 3 is 2.14 bits per heavy atom. The minimum Gasteiger partial charge on any atom is -0.428 e. The topological polar surface area (TPSA) is 9.23 Å². The number of unbranched alkanes of at least 4 members (excludes halogenated alkanes) is 1. The van der Waals surface area contributed by atoms with Crippen LogP contribution in [-0.4, -0.2) is 0 Å². The quantitative estimate of drug-likeness (QED) is 0.218. The lowest BCUT2D eigenvalue weighted by Gasteiger charge is -2.29. The molecule has 0 amide bonds. The SMILES string of the molecule is CCCCC1CCC(c2ccc(C(F)(F)Oc3ccccc3-c3cc(F)c(F)c(F)c3)c(F)c2)CC1. The van der Waals surface area contributed by atoms with Gasteiger partial charge < -0.3 is 4.74 Å². The van der Waals surface area contributed by atoms with Crippen LogP contribution in [0.25, 0.3) is 11.1 Å². The number of hydrogen-bond donors (Lipinski definition) is 0. The zero-order chi connectivity index (χ0) is 25.9. The van der Waals surface area contributed by atoms with Gasteiger partial charge in [0.25, 0.3) is 0 Å². The highest BCUT2D eigenvalue weighted by atomic mass is 19.3. The third-order valence-corrected chi connectivity index (χ3v) is 7.01. The van der Waals surface area contributed by atoms with E-state index in [0.717, 1.165) is 44.2 Å². The van der Waals surface area contributed by atoms with E-state index < -0.39 is 40.7 Å². The van der Waals surface area contributed by atoms with Crippen LogP contribution in [0.4, 0.5) is 26.3 Å². The Labute approximate surface area is 207 Å². The molecule has 1 aliphatic rings. The number of halogens is 6. The number of benzene rings is 3. The predicted molar refractivity (Wildman–Crippen MR) is 127 cm³/mol. The van der Waals surface area contributed by atoms with Crippen LogP contribution < -0.4 is 4.74 Å². The average molecular weight is 507 g/mol. The molecule has 36 heavy (non-hydrogen) atoms. The van der Waals surface area contributed by atoms with Gasteiger partial charge >= 0.3 is 6.11 Å². The number of hydrogen-bond acceptors (Lipinski definition) is 1. The lowest BCUT2D eigenvalue weighted by molar-refractivity contribution is -0.187. The molecule has 0 saturated heterocycles. The molecule has 192 valence electrons. The summed E-state index contributed by atoms with van der Waals surface area (Å²) < 4.78 is 90.8. The van der Waals surface area contributed by atoms with Gasteiger partial charge in [0.2, 0.25) is 0 Å². The number of alkyl halides is 2. The smallest absolute Gasteiger partial charge is 0.428 e. The first-order valence-corrected chi connectivity index (χ1v) is 12.3. The molecular formula is C29H28F6O. The minimum absolute atomic E-state index is 0.0909. The fourth-order valence-electron chi connectivity index (χ4n) is 5.00. The number of para-hydroxylation sites is 1. The molecule has 0 heterocycles. The van der Waals surface area contributed by atoms with Crippen LogP contribution in [-0.2, 0) is 6.11 Å². The summed E-state index contributed by atoms with van der Waals surface area (Å²) in [5.41, 5.74) is -0.525. The van der Waals surface area contributed by atoms with Gasteiger partial charge in [-0.1, -0.05) is 50.5 Å². The van der Waals surface area contributed by atoms with Crippen molar-refractivity contribution in [3.8, 4) is 16.9 Å². The first-order chi connectivity index (χ1) is 17.2. The summed E-state index contributed by atoms with van der Waals surface area (Å²) in [7, 11) is 0. The summed E-state index contributed by atoms with van der Waals surface area (Å²) in [4.78, 5) is 0. The van der Waals surface area contributed by atoms with E-state index in [9.17, 15) is 17.6 Å². The van der Waals surface area contributed by atoms with Crippen molar-refractivity contribution in [2.75, 3.05) is 0 Å². The Balaban J connectivity index is 1.53. The molecular weight excluding hydrogens is 478 g/mol. The lowest BCUT2D eigenvalue weighted by Crippen LogP contribution is -2.24. The lowest BCUT2D eigenvalue weighted by atomic mass is 9.77. The van der Waals surface area contributed by atoms with Gasteiger partial charge in [-0.3, -0.25) is 0 Å². The van der Waals surface area contributed by atoms with Crippen molar-refractivity contribution < 1.29 is 31.1 Å². The Morgan fingerprint density at radius 1 is 0.833 bits per heavy atom. The molecule has 0 unspecified atom stereocenters. The Hall–Kier alpha value is -2.96. The maximum Gasteiger partial charge on any atom is 0.429 e. The summed E-state index contributed by atoms with van der Waals surface area (Å²) in [6, 6.07) is 10.4. The van der Waals surface area contributed by atoms with Crippen LogP contribution in [0.15, 0.2) is 54.6 Å². The molecule has 7 heteroatoms. The summed E-state index contributed by atoms with van der Waals surface area (Å²) in [6.07, 6.45) is 3.39. The van der Waals surface area contributed by atoms with Crippen LogP contribution in [0.5, 0.6) is 5.75 Å². The van der Waals surface area contributed by atoms with Gasteiger partial charge in [-0.25, -0.2) is 17.6 Å². The van der Waals surface area contributed by atoms with E-state index in [1.165, 1.54) is 43.2 Å². The van der Waals surface area contributed by atoms with Crippen molar-refractivity contribution in [2.24, 2.45) is 5.92 Å². The third kappa shape index (κ3) is 5.71. The molecule has 0 spiro atoms. The molecule has 0 bridgehead atoms. The Morgan fingerprint density at radius 2 is 1.50 bits per heavy atom. The average Bonchev–Trinajstić information content (AvgIpc) is 2.86. The molecule has 0 aromatic heterocycles. The second kappa shape index (κ2) is 11.0. The van der Waals surface area contributed by atoms with Gasteiger partial charge in [-0.05, 0) is 79.0 Å². The van der Waals surface area contributed by atoms with Crippen molar-refractivity contribution >= 4 is 0 Å². The van der Waals surface area contributed by atoms with Crippen LogP contribution >= 0.6 is 0 Å². The normalized spacial score (nSPS) is 18.3. The van der Waals surface area contributed by atoms with E-state index in [2.05, 4.69) is 6.92 Å². The summed E-state index contributed by atoms with van der Waals surface area (Å²) in [5, 5.41) is 0. The number of rotatable bonds is 8. The minimum atomic E-state index is -4.06. The van der Waals surface area contributed by atoms with E-state index in [-0.39, 0.29) is 17.0 Å². The molecule has 3 aromatic rings. The van der Waals surface area contributed by atoms with Crippen LogP contribution in [0.2, 0.25) is 0 Å². The monoisotopic (exact) mass is 506 g/mol. The summed E-state index contributed by atoms with van der Waals surface area (Å²) in [5.74, 6) is -5.31. The molecule has 1 aliphatic carbocycles. The van der Waals surface area contributed by atoms with Crippen LogP contribution in [0, 0.1) is 29.2 Å². The van der Waals surface area contributed by atoms with E-state index in [1.807, 2.05) is 0 Å². The summed E-state index contributed by atoms with van der Waals surface area (Å²) in [6.45, 7) is 2.16. The Bertz CT molecular complexity index is 1180. The molecule has 1 nitrogen and oxygen atoms in total. The van der Waals surface area contributed by atoms with Gasteiger partial charge in [-0.15, -0.1) is 0 Å². The fraction of sp³-hybridized carbons (Fsp3) is 0.379. The van der Waals surface area contributed by atoms with E-state index in [0.29, 0.717) is 23.6 Å². The standard InChI is InChI=1S/C29H28F6O/c1-2-3-6-18-9-11-19(12-10-18)20-13-14-23(24(30)15-20)29(34,35)36-27-8-5-4-7-22(27)21-16-25(31)28(33)26(32)17-21/h4-5,7-8,13-19H,2-3,6,9-12H2,1H3. The maximum absolute atomic E-state index is 15.1. The molecule has 1 saturated carbocycles. The number of ether oxygens (including phenoxy) is 1. The summed E-state index contributed by atoms with van der Waals surface area (Å²) >= 11 is 0. The van der Waals surface area contributed by atoms with E-state index >= 15 is 8.78 Å². The Kier molecular flexibility index (Phi) is 7.96. The molecule has 0 atom stereocenters. The zero-order valence-electron chi connectivity index (χ0n) is 20.0. The van der Waals surface area contributed by atoms with Crippen molar-refractivity contribution in [1.29, 1.82) is 0 Å². The second-order valence-corrected chi connectivity index (χ2v) is 9.47. The molecule has 3 aromatic carbocycles. The highest BCUT2D eigenvalue weighted by molar-refractivity contribution is 5.70. The van der Waals surface area contributed by atoms with Crippen molar-refractivity contribution in [2.45, 2.75) is 63.9 Å². The van der Waals surface area contributed by atoms with Crippen molar-refractivity contribution in [3.05, 3.63) is 89.0 Å². The van der Waals surface area contributed by atoms with Gasteiger partial charge in [-0.2, -0.15) is 8.78 Å². The fourth-order valence-corrected chi connectivity index (χ4v) is 5.00. The third-order valence-electron chi connectivity index (χ3n) is 7.01. The largest absolute Gasteiger partial charge is 0.429 e. The molecule has 0 radical (unpaired) electrons. The predicted octanol–water partition coefficient (Wildman–Crippen LogP) is 9.50. The van der Waals surface area contributed by atoms with Gasteiger partial charge in [0.05, 0.1) is 5.56 Å². The van der Waals surface area contributed by atoms with Crippen molar-refractivity contribution in [1.82, 2.24) is 0 Å². The van der Waals surface area contributed by atoms with Gasteiger partial charge in [0.1, 0.15) is 11.6 Å². The molecule has 4 rings (SSSR count). The highest BCUT2D eigenvalue weighted by Gasteiger charge is 2.39. The van der Waals surface area contributed by atoms with Gasteiger partial charge in [0, 0.05) is 5.56 Å². The first-order valence-electron chi connectivity index (χ1n) is 12.3. The highest BCUT2D eigenvalue weighted by Crippen LogP contribution is 2.41. The zero-order valence-corrected chi connectivity index (χ0v) is 20.0. The second-order valence-electron chi connectivity index (χ2n) is 9.47. The van der Waals surface area contributed by atoms with Gasteiger partial charge in [0.15, 0.2) is 17.5 Å². The van der Waals surface area contributed by atoms with Crippen LogP contribution in [0.1, 0.15) is 68.9 Å². The molecule has 1 fully saturated rings. The van der Waals surface area contributed by atoms with E-state index in [4.69, 9.17) is 4.74 Å². The van der Waals surface area contributed by atoms with Crippen LogP contribution in [0.3, 0.4) is 0 Å². The molecule has 0 aliphatic heterocycles. The molecule has 0 N–H and O–H groups in total. The van der Waals surface area contributed by atoms with Crippen molar-refractivity contribution in [3.63, 3.8) is 0 Å². The maximum atomic E-state index is 15.1. The first kappa shape index (κ1) is 26.1.